The van der Waals surface area contributed by atoms with Crippen LogP contribution < -0.4 is 10.1 Å². The first kappa shape index (κ1) is 17.5. The molecule has 5 nitrogen and oxygen atoms in total. The van der Waals surface area contributed by atoms with Crippen LogP contribution in [0.4, 0.5) is 0 Å². The molecule has 0 unspecified atom stereocenters. The summed E-state index contributed by atoms with van der Waals surface area (Å²) in [6.45, 7) is 3.58. The van der Waals surface area contributed by atoms with Crippen molar-refractivity contribution < 1.29 is 13.2 Å². The number of hydrogen-bond acceptors (Lipinski definition) is 4. The van der Waals surface area contributed by atoms with Crippen molar-refractivity contribution in [1.29, 1.82) is 0 Å². The molecule has 1 aromatic carbocycles. The third-order valence-corrected chi connectivity index (χ3v) is 4.99. The highest BCUT2D eigenvalue weighted by atomic mass is 32.2. The lowest BCUT2D eigenvalue weighted by atomic mass is 10.1. The number of likely N-dealkylation sites (N-methyl/N-ethyl adjacent to an activating group) is 1. The highest BCUT2D eigenvalue weighted by Crippen LogP contribution is 2.24. The minimum Gasteiger partial charge on any atom is -0.497 e. The topological polar surface area (TPSA) is 58.6 Å². The van der Waals surface area contributed by atoms with E-state index in [1.165, 1.54) is 11.4 Å². The number of hydrogen-bond donors (Lipinski definition) is 1. The SMILES string of the molecule is C#CCN(C)S(=O)(=O)c1ccc(OC)cc1CCNCC. The summed E-state index contributed by atoms with van der Waals surface area (Å²) in [5, 5.41) is 3.19. The van der Waals surface area contributed by atoms with E-state index in [2.05, 4.69) is 11.2 Å². The maximum absolute atomic E-state index is 12.5. The van der Waals surface area contributed by atoms with E-state index in [1.54, 1.807) is 25.3 Å². The lowest BCUT2D eigenvalue weighted by Gasteiger charge is -2.18. The first-order valence-electron chi connectivity index (χ1n) is 6.74. The molecule has 1 aromatic rings. The van der Waals surface area contributed by atoms with Gasteiger partial charge in [0.15, 0.2) is 0 Å². The average Bonchev–Trinajstić information content (AvgIpc) is 2.47. The van der Waals surface area contributed by atoms with Gasteiger partial charge in [-0.05, 0) is 43.3 Å². The lowest BCUT2D eigenvalue weighted by molar-refractivity contribution is 0.413. The van der Waals surface area contributed by atoms with Crippen molar-refractivity contribution in [3.63, 3.8) is 0 Å². The summed E-state index contributed by atoms with van der Waals surface area (Å²) in [5.41, 5.74) is 0.721. The summed E-state index contributed by atoms with van der Waals surface area (Å²) in [6, 6.07) is 4.98. The highest BCUT2D eigenvalue weighted by Gasteiger charge is 2.23. The van der Waals surface area contributed by atoms with Gasteiger partial charge in [-0.15, -0.1) is 6.42 Å². The quantitative estimate of drug-likeness (QED) is 0.577. The molecule has 0 aliphatic carbocycles. The van der Waals surface area contributed by atoms with Gasteiger partial charge in [0.05, 0.1) is 18.6 Å². The summed E-state index contributed by atoms with van der Waals surface area (Å²) in [6.07, 6.45) is 5.80. The van der Waals surface area contributed by atoms with Crippen LogP contribution in [-0.4, -0.2) is 46.5 Å². The van der Waals surface area contributed by atoms with Gasteiger partial charge in [-0.25, -0.2) is 8.42 Å². The van der Waals surface area contributed by atoms with Crippen LogP contribution in [0.1, 0.15) is 12.5 Å². The Labute approximate surface area is 127 Å². The smallest absolute Gasteiger partial charge is 0.243 e. The van der Waals surface area contributed by atoms with Gasteiger partial charge < -0.3 is 10.1 Å². The van der Waals surface area contributed by atoms with Gasteiger partial charge in [0.1, 0.15) is 5.75 Å². The van der Waals surface area contributed by atoms with Crippen molar-refractivity contribution in [2.75, 3.05) is 33.8 Å². The number of benzene rings is 1. The number of sulfonamides is 1. The summed E-state index contributed by atoms with van der Waals surface area (Å²) in [7, 11) is -0.549. The van der Waals surface area contributed by atoms with Gasteiger partial charge in [0, 0.05) is 7.05 Å². The molecular weight excluding hydrogens is 288 g/mol. The summed E-state index contributed by atoms with van der Waals surface area (Å²) in [5.74, 6) is 2.99. The molecule has 1 N–H and O–H groups in total. The molecule has 0 amide bonds. The minimum atomic E-state index is -3.59. The van der Waals surface area contributed by atoms with E-state index in [1.807, 2.05) is 6.92 Å². The predicted molar refractivity (Wildman–Crippen MR) is 83.9 cm³/mol. The van der Waals surface area contributed by atoms with Crippen molar-refractivity contribution in [3.05, 3.63) is 23.8 Å². The van der Waals surface area contributed by atoms with E-state index in [0.29, 0.717) is 18.7 Å². The van der Waals surface area contributed by atoms with Gasteiger partial charge >= 0.3 is 0 Å². The van der Waals surface area contributed by atoms with Crippen molar-refractivity contribution in [2.24, 2.45) is 0 Å². The fourth-order valence-electron chi connectivity index (χ4n) is 1.91. The predicted octanol–water partition coefficient (Wildman–Crippen LogP) is 1.10. The number of terminal acetylenes is 1. The largest absolute Gasteiger partial charge is 0.497 e. The zero-order valence-corrected chi connectivity index (χ0v) is 13.5. The fourth-order valence-corrected chi connectivity index (χ4v) is 3.22. The molecule has 21 heavy (non-hydrogen) atoms. The summed E-state index contributed by atoms with van der Waals surface area (Å²) < 4.78 is 31.4. The summed E-state index contributed by atoms with van der Waals surface area (Å²) in [4.78, 5) is 0.277. The monoisotopic (exact) mass is 310 g/mol. The third-order valence-electron chi connectivity index (χ3n) is 3.09. The maximum atomic E-state index is 12.5. The maximum Gasteiger partial charge on any atom is 0.243 e. The normalized spacial score (nSPS) is 11.4. The minimum absolute atomic E-state index is 0.0427. The number of ether oxygens (including phenoxy) is 1. The number of rotatable bonds is 8. The van der Waals surface area contributed by atoms with E-state index in [0.717, 1.165) is 12.1 Å². The Morgan fingerprint density at radius 2 is 2.14 bits per heavy atom. The second kappa shape index (κ2) is 8.03. The second-order valence-corrected chi connectivity index (χ2v) is 6.56. The lowest BCUT2D eigenvalue weighted by Crippen LogP contribution is -2.28. The number of nitrogens with one attached hydrogen (secondary N) is 1. The molecule has 0 spiro atoms. The van der Waals surface area contributed by atoms with Crippen LogP contribution in [0.5, 0.6) is 5.75 Å². The van der Waals surface area contributed by atoms with Gasteiger partial charge in [-0.1, -0.05) is 12.8 Å². The van der Waals surface area contributed by atoms with E-state index in [9.17, 15) is 8.42 Å². The molecule has 0 aliphatic rings. The molecule has 0 fully saturated rings. The zero-order chi connectivity index (χ0) is 15.9. The van der Waals surface area contributed by atoms with Gasteiger partial charge in [-0.3, -0.25) is 0 Å². The van der Waals surface area contributed by atoms with Crippen molar-refractivity contribution >= 4 is 10.0 Å². The molecule has 0 atom stereocenters. The van der Waals surface area contributed by atoms with Gasteiger partial charge in [0.25, 0.3) is 0 Å². The second-order valence-electron chi connectivity index (χ2n) is 4.54. The zero-order valence-electron chi connectivity index (χ0n) is 12.7. The Hall–Kier alpha value is -1.55. The third kappa shape index (κ3) is 4.46. The number of methoxy groups -OCH3 is 1. The fraction of sp³-hybridized carbons (Fsp3) is 0.467. The first-order chi connectivity index (χ1) is 9.97. The van der Waals surface area contributed by atoms with E-state index in [4.69, 9.17) is 11.2 Å². The van der Waals surface area contributed by atoms with Crippen molar-refractivity contribution in [1.82, 2.24) is 9.62 Å². The summed E-state index contributed by atoms with van der Waals surface area (Å²) >= 11 is 0. The Morgan fingerprint density at radius 3 is 2.71 bits per heavy atom. The van der Waals surface area contributed by atoms with Crippen molar-refractivity contribution in [3.8, 4) is 18.1 Å². The van der Waals surface area contributed by atoms with Crippen LogP contribution >= 0.6 is 0 Å². The first-order valence-corrected chi connectivity index (χ1v) is 8.18. The van der Waals surface area contributed by atoms with Gasteiger partial charge in [0.2, 0.25) is 10.0 Å². The molecule has 116 valence electrons. The Kier molecular flexibility index (Phi) is 6.69. The standard InChI is InChI=1S/C15H22N2O3S/c1-5-11-17(3)21(18,19)15-8-7-14(20-4)12-13(15)9-10-16-6-2/h1,7-8,12,16H,6,9-11H2,2-4H3. The molecule has 0 bridgehead atoms. The molecule has 1 rings (SSSR count). The van der Waals surface area contributed by atoms with Crippen LogP contribution in [0.15, 0.2) is 23.1 Å². The Balaban J connectivity index is 3.18. The Morgan fingerprint density at radius 1 is 1.43 bits per heavy atom. The van der Waals surface area contributed by atoms with Crippen LogP contribution in [-0.2, 0) is 16.4 Å². The van der Waals surface area contributed by atoms with Crippen LogP contribution in [0.2, 0.25) is 0 Å². The molecule has 6 heteroatoms. The molecule has 0 saturated carbocycles. The molecule has 0 aliphatic heterocycles. The van der Waals surface area contributed by atoms with Crippen molar-refractivity contribution in [2.45, 2.75) is 18.2 Å². The number of nitrogens with zero attached hydrogens (tertiary/aromatic N) is 1. The van der Waals surface area contributed by atoms with E-state index >= 15 is 0 Å². The molecule has 0 saturated heterocycles. The molecule has 0 radical (unpaired) electrons. The van der Waals surface area contributed by atoms with E-state index in [-0.39, 0.29) is 11.4 Å². The van der Waals surface area contributed by atoms with Crippen LogP contribution in [0.3, 0.4) is 0 Å². The Bertz CT molecular complexity index is 606. The van der Waals surface area contributed by atoms with E-state index < -0.39 is 10.0 Å². The molecular formula is C15H22N2O3S. The highest BCUT2D eigenvalue weighted by molar-refractivity contribution is 7.89. The van der Waals surface area contributed by atoms with Crippen LogP contribution in [0.25, 0.3) is 0 Å². The average molecular weight is 310 g/mol. The van der Waals surface area contributed by atoms with Gasteiger partial charge in [-0.2, -0.15) is 4.31 Å². The molecule has 0 aromatic heterocycles. The molecule has 0 heterocycles. The van der Waals surface area contributed by atoms with Crippen LogP contribution in [0, 0.1) is 12.3 Å².